The molecule has 2 atom stereocenters. The van der Waals surface area contributed by atoms with Crippen molar-refractivity contribution in [2.75, 3.05) is 7.11 Å². The number of carboxylic acids is 1. The number of rotatable bonds is 5. The van der Waals surface area contributed by atoms with Gasteiger partial charge in [-0.3, -0.25) is 9.59 Å². The molecule has 1 amide bonds. The van der Waals surface area contributed by atoms with Crippen LogP contribution in [0.4, 0.5) is 0 Å². The summed E-state index contributed by atoms with van der Waals surface area (Å²) in [5, 5.41) is 12.5. The van der Waals surface area contributed by atoms with Gasteiger partial charge in [0.25, 0.3) is 0 Å². The Balaban J connectivity index is 1.93. The molecule has 5 heteroatoms. The quantitative estimate of drug-likeness (QED) is 0.810. The van der Waals surface area contributed by atoms with Gasteiger partial charge in [-0.25, -0.2) is 0 Å². The van der Waals surface area contributed by atoms with Gasteiger partial charge in [0.1, 0.15) is 0 Å². The van der Waals surface area contributed by atoms with Crippen molar-refractivity contribution in [3.63, 3.8) is 0 Å². The molecule has 114 valence electrons. The first-order valence-corrected chi connectivity index (χ1v) is 7.63. The molecule has 5 nitrogen and oxygen atoms in total. The van der Waals surface area contributed by atoms with E-state index in [9.17, 15) is 14.7 Å². The summed E-state index contributed by atoms with van der Waals surface area (Å²) in [6.45, 7) is 0. The molecule has 0 aromatic heterocycles. The summed E-state index contributed by atoms with van der Waals surface area (Å²) in [6, 6.07) is 0.0435. The summed E-state index contributed by atoms with van der Waals surface area (Å²) in [5.41, 5.74) is -0.844. The third-order valence-corrected chi connectivity index (χ3v) is 4.86. The number of amides is 1. The number of hydrogen-bond acceptors (Lipinski definition) is 3. The van der Waals surface area contributed by atoms with Crippen LogP contribution in [0.2, 0.25) is 0 Å². The van der Waals surface area contributed by atoms with Crippen LogP contribution >= 0.6 is 0 Å². The minimum Gasteiger partial charge on any atom is -0.481 e. The summed E-state index contributed by atoms with van der Waals surface area (Å²) in [5.74, 6) is -0.953. The molecule has 0 aromatic carbocycles. The molecule has 2 saturated carbocycles. The molecule has 0 spiro atoms. The number of ether oxygens (including phenoxy) is 1. The van der Waals surface area contributed by atoms with Crippen LogP contribution in [0.15, 0.2) is 0 Å². The highest BCUT2D eigenvalue weighted by molar-refractivity contribution is 5.85. The molecular weight excluding hydrogens is 258 g/mol. The Morgan fingerprint density at radius 2 is 1.90 bits per heavy atom. The van der Waals surface area contributed by atoms with Crippen LogP contribution in [0.5, 0.6) is 0 Å². The lowest BCUT2D eigenvalue weighted by Crippen LogP contribution is -2.45. The van der Waals surface area contributed by atoms with E-state index in [-0.39, 0.29) is 24.5 Å². The number of carboxylic acid groups (broad SMARTS) is 1. The average molecular weight is 283 g/mol. The molecule has 2 aliphatic carbocycles. The van der Waals surface area contributed by atoms with Gasteiger partial charge in [-0.15, -0.1) is 0 Å². The number of methoxy groups -OCH3 is 1. The Morgan fingerprint density at radius 3 is 2.50 bits per heavy atom. The third kappa shape index (κ3) is 3.32. The number of carbonyl (C=O) groups is 2. The predicted octanol–water partition coefficient (Wildman–Crippen LogP) is 2.10. The topological polar surface area (TPSA) is 75.6 Å². The Labute approximate surface area is 120 Å². The van der Waals surface area contributed by atoms with E-state index in [0.717, 1.165) is 38.5 Å². The molecule has 20 heavy (non-hydrogen) atoms. The van der Waals surface area contributed by atoms with E-state index in [1.165, 1.54) is 0 Å². The van der Waals surface area contributed by atoms with Gasteiger partial charge < -0.3 is 15.2 Å². The van der Waals surface area contributed by atoms with Crippen LogP contribution in [0.3, 0.4) is 0 Å². The molecule has 0 bridgehead atoms. The third-order valence-electron chi connectivity index (χ3n) is 4.86. The predicted molar refractivity (Wildman–Crippen MR) is 74.3 cm³/mol. The fourth-order valence-electron chi connectivity index (χ4n) is 3.63. The van der Waals surface area contributed by atoms with Crippen LogP contribution in [-0.2, 0) is 14.3 Å². The van der Waals surface area contributed by atoms with E-state index >= 15 is 0 Å². The maximum Gasteiger partial charge on any atom is 0.310 e. The Hall–Kier alpha value is -1.10. The van der Waals surface area contributed by atoms with Gasteiger partial charge in [0.05, 0.1) is 17.6 Å². The molecular formula is C15H25NO4. The Morgan fingerprint density at radius 1 is 1.20 bits per heavy atom. The zero-order chi connectivity index (χ0) is 14.6. The average Bonchev–Trinajstić information content (AvgIpc) is 2.86. The van der Waals surface area contributed by atoms with Gasteiger partial charge in [-0.05, 0) is 32.1 Å². The second kappa shape index (κ2) is 6.57. The first-order chi connectivity index (χ1) is 9.57. The lowest BCUT2D eigenvalue weighted by atomic mass is 9.71. The van der Waals surface area contributed by atoms with Crippen LogP contribution in [-0.4, -0.2) is 36.2 Å². The first kappa shape index (κ1) is 15.3. The Kier molecular flexibility index (Phi) is 5.02. The summed E-state index contributed by atoms with van der Waals surface area (Å²) in [4.78, 5) is 23.8. The van der Waals surface area contributed by atoms with Crippen molar-refractivity contribution in [2.24, 2.45) is 5.41 Å². The molecule has 0 aliphatic heterocycles. The van der Waals surface area contributed by atoms with E-state index in [0.29, 0.717) is 12.8 Å². The van der Waals surface area contributed by atoms with Crippen LogP contribution in [0, 0.1) is 5.41 Å². The fraction of sp³-hybridized carbons (Fsp3) is 0.867. The van der Waals surface area contributed by atoms with E-state index in [4.69, 9.17) is 4.74 Å². The molecule has 2 fully saturated rings. The van der Waals surface area contributed by atoms with Gasteiger partial charge in [0, 0.05) is 13.5 Å². The standard InChI is InChI=1S/C15H25NO4/c1-20-12-7-5-6-11(12)16-13(17)10-15(14(18)19)8-3-2-4-9-15/h11-12H,2-10H2,1H3,(H,16,17)(H,18,19). The summed E-state index contributed by atoms with van der Waals surface area (Å²) >= 11 is 0. The van der Waals surface area contributed by atoms with Crippen molar-refractivity contribution in [2.45, 2.75) is 69.9 Å². The SMILES string of the molecule is COC1CCCC1NC(=O)CC1(C(=O)O)CCCCC1. The molecule has 2 unspecified atom stereocenters. The molecule has 2 rings (SSSR count). The minimum atomic E-state index is -0.844. The van der Waals surface area contributed by atoms with E-state index < -0.39 is 11.4 Å². The number of aliphatic carboxylic acids is 1. The zero-order valence-electron chi connectivity index (χ0n) is 12.2. The second-order valence-corrected chi connectivity index (χ2v) is 6.20. The van der Waals surface area contributed by atoms with Crippen LogP contribution < -0.4 is 5.32 Å². The normalized spacial score (nSPS) is 29.1. The lowest BCUT2D eigenvalue weighted by molar-refractivity contribution is -0.154. The van der Waals surface area contributed by atoms with Crippen LogP contribution in [0.25, 0.3) is 0 Å². The zero-order valence-corrected chi connectivity index (χ0v) is 12.2. The maximum absolute atomic E-state index is 12.2. The van der Waals surface area contributed by atoms with Gasteiger partial charge in [-0.1, -0.05) is 19.3 Å². The maximum atomic E-state index is 12.2. The monoisotopic (exact) mass is 283 g/mol. The van der Waals surface area contributed by atoms with Gasteiger partial charge in [0.2, 0.25) is 5.91 Å². The van der Waals surface area contributed by atoms with Crippen molar-refractivity contribution in [3.8, 4) is 0 Å². The molecule has 2 N–H and O–H groups in total. The van der Waals surface area contributed by atoms with Crippen molar-refractivity contribution in [1.29, 1.82) is 0 Å². The van der Waals surface area contributed by atoms with Crippen LogP contribution in [0.1, 0.15) is 57.8 Å². The van der Waals surface area contributed by atoms with Gasteiger partial charge >= 0.3 is 5.97 Å². The van der Waals surface area contributed by atoms with Crippen molar-refractivity contribution in [1.82, 2.24) is 5.32 Å². The number of carbonyl (C=O) groups excluding carboxylic acids is 1. The number of hydrogen-bond donors (Lipinski definition) is 2. The summed E-state index contributed by atoms with van der Waals surface area (Å²) < 4.78 is 5.36. The minimum absolute atomic E-state index is 0.0435. The largest absolute Gasteiger partial charge is 0.481 e. The Bertz CT molecular complexity index is 363. The van der Waals surface area contributed by atoms with E-state index in [1.807, 2.05) is 0 Å². The molecule has 0 aromatic rings. The molecule has 0 saturated heterocycles. The highest BCUT2D eigenvalue weighted by atomic mass is 16.5. The smallest absolute Gasteiger partial charge is 0.310 e. The van der Waals surface area contributed by atoms with Crippen molar-refractivity contribution < 1.29 is 19.4 Å². The highest BCUT2D eigenvalue weighted by Crippen LogP contribution is 2.39. The van der Waals surface area contributed by atoms with E-state index in [1.54, 1.807) is 7.11 Å². The lowest BCUT2D eigenvalue weighted by Gasteiger charge is -2.33. The van der Waals surface area contributed by atoms with Crippen molar-refractivity contribution in [3.05, 3.63) is 0 Å². The highest BCUT2D eigenvalue weighted by Gasteiger charge is 2.42. The van der Waals surface area contributed by atoms with E-state index in [2.05, 4.69) is 5.32 Å². The van der Waals surface area contributed by atoms with Gasteiger partial charge in [-0.2, -0.15) is 0 Å². The fourth-order valence-corrected chi connectivity index (χ4v) is 3.63. The molecule has 0 heterocycles. The summed E-state index contributed by atoms with van der Waals surface area (Å²) in [6.07, 6.45) is 7.24. The molecule has 0 radical (unpaired) electrons. The van der Waals surface area contributed by atoms with Crippen molar-refractivity contribution >= 4 is 11.9 Å². The van der Waals surface area contributed by atoms with Gasteiger partial charge in [0.15, 0.2) is 0 Å². The summed E-state index contributed by atoms with van der Waals surface area (Å²) in [7, 11) is 1.66. The first-order valence-electron chi connectivity index (χ1n) is 7.63. The molecule has 2 aliphatic rings. The number of nitrogens with one attached hydrogen (secondary N) is 1. The second-order valence-electron chi connectivity index (χ2n) is 6.20.